The van der Waals surface area contributed by atoms with Crippen molar-refractivity contribution in [3.63, 3.8) is 0 Å². The van der Waals surface area contributed by atoms with Crippen LogP contribution < -0.4 is 4.74 Å². The van der Waals surface area contributed by atoms with E-state index in [2.05, 4.69) is 156 Å². The molecule has 4 atom stereocenters. The molecule has 0 amide bonds. The minimum Gasteiger partial charge on any atom is -0.485 e. The van der Waals surface area contributed by atoms with Crippen LogP contribution in [0.1, 0.15) is 70.6 Å². The second-order valence-corrected chi connectivity index (χ2v) is 15.4. The van der Waals surface area contributed by atoms with Gasteiger partial charge in [-0.1, -0.05) is 115 Å². The van der Waals surface area contributed by atoms with E-state index in [0.717, 1.165) is 42.8 Å². The summed E-state index contributed by atoms with van der Waals surface area (Å²) < 4.78 is 15.7. The summed E-state index contributed by atoms with van der Waals surface area (Å²) >= 11 is 0. The summed E-state index contributed by atoms with van der Waals surface area (Å²) in [6.07, 6.45) is 11.2. The first kappa shape index (κ1) is 29.5. The Kier molecular flexibility index (Phi) is 6.25. The van der Waals surface area contributed by atoms with Gasteiger partial charge in [-0.3, -0.25) is 0 Å². The Hall–Kier alpha value is -6.06. The minimum atomic E-state index is 0.122. The molecular weight excluding hydrogens is 647 g/mol. The van der Waals surface area contributed by atoms with E-state index >= 15 is 0 Å². The molecule has 0 radical (unpaired) electrons. The number of hydrogen-bond acceptors (Lipinski definition) is 2. The molecule has 6 aromatic carbocycles. The van der Waals surface area contributed by atoms with Gasteiger partial charge in [0, 0.05) is 50.7 Å². The molecule has 0 N–H and O–H groups in total. The third-order valence-electron chi connectivity index (χ3n) is 12.7. The van der Waals surface area contributed by atoms with Gasteiger partial charge in [-0.05, 0) is 96.0 Å². The highest BCUT2D eigenvalue weighted by Crippen LogP contribution is 2.51. The number of fused-ring (bicyclic) bond motifs is 13. The first-order valence-electron chi connectivity index (χ1n) is 19.2. The van der Waals surface area contributed by atoms with E-state index in [1.54, 1.807) is 0 Å². The summed E-state index contributed by atoms with van der Waals surface area (Å²) in [4.78, 5) is 0. The fourth-order valence-corrected chi connectivity index (χ4v) is 10.4. The van der Waals surface area contributed by atoms with Gasteiger partial charge >= 0.3 is 0 Å². The minimum absolute atomic E-state index is 0.122. The molecule has 12 rings (SSSR count). The van der Waals surface area contributed by atoms with Crippen LogP contribution >= 0.6 is 0 Å². The van der Waals surface area contributed by atoms with Crippen LogP contribution in [0.15, 0.2) is 156 Å². The molecule has 0 saturated heterocycles. The summed E-state index contributed by atoms with van der Waals surface area (Å²) in [5.74, 6) is 3.03. The van der Waals surface area contributed by atoms with Gasteiger partial charge in [0.05, 0.1) is 11.0 Å². The maximum Gasteiger partial charge on any atom is 0.135 e. The smallest absolute Gasteiger partial charge is 0.135 e. The van der Waals surface area contributed by atoms with Crippen molar-refractivity contribution in [3.8, 4) is 22.6 Å². The molecular formula is C50H37NO2. The van der Waals surface area contributed by atoms with Crippen molar-refractivity contribution >= 4 is 38.9 Å². The molecule has 3 heteroatoms. The van der Waals surface area contributed by atoms with Crippen LogP contribution in [-0.4, -0.2) is 10.7 Å². The maximum atomic E-state index is 6.78. The van der Waals surface area contributed by atoms with Crippen LogP contribution in [0.4, 0.5) is 0 Å². The van der Waals surface area contributed by atoms with Crippen LogP contribution in [0.3, 0.4) is 0 Å². The van der Waals surface area contributed by atoms with E-state index in [-0.39, 0.29) is 12.0 Å². The highest BCUT2D eigenvalue weighted by molar-refractivity contribution is 6.12. The predicted molar refractivity (Wildman–Crippen MR) is 215 cm³/mol. The van der Waals surface area contributed by atoms with Crippen molar-refractivity contribution in [2.75, 3.05) is 0 Å². The van der Waals surface area contributed by atoms with Crippen molar-refractivity contribution < 1.29 is 9.15 Å². The SMILES string of the molecule is C1=Cc2oc3cc(C4Cc5c(ccc6c7ccccc7n(-c7ccccc7)c56)-c5ccccc54)ccc3c2C(C2=CC3Oc4ccccc4C3CC2)C1. The molecule has 8 aromatic rings. The third-order valence-corrected chi connectivity index (χ3v) is 12.7. The Morgan fingerprint density at radius 3 is 2.42 bits per heavy atom. The van der Waals surface area contributed by atoms with E-state index in [9.17, 15) is 0 Å². The molecule has 53 heavy (non-hydrogen) atoms. The largest absolute Gasteiger partial charge is 0.485 e. The molecule has 3 nitrogen and oxygen atoms in total. The molecule has 254 valence electrons. The van der Waals surface area contributed by atoms with Gasteiger partial charge in [-0.2, -0.15) is 0 Å². The number of hydrogen-bond donors (Lipinski definition) is 0. The molecule has 0 spiro atoms. The molecule has 4 aliphatic rings. The molecule has 3 aliphatic carbocycles. The summed E-state index contributed by atoms with van der Waals surface area (Å²) in [6, 6.07) is 49.1. The monoisotopic (exact) mass is 683 g/mol. The van der Waals surface area contributed by atoms with E-state index in [0.29, 0.717) is 11.8 Å². The molecule has 0 fully saturated rings. The van der Waals surface area contributed by atoms with Crippen molar-refractivity contribution in [3.05, 3.63) is 185 Å². The maximum absolute atomic E-state index is 6.78. The summed E-state index contributed by atoms with van der Waals surface area (Å²) in [5.41, 5.74) is 15.7. The number of ether oxygens (including phenoxy) is 1. The lowest BCUT2D eigenvalue weighted by Gasteiger charge is -2.30. The fraction of sp³-hybridized carbons (Fsp3) is 0.160. The zero-order valence-electron chi connectivity index (χ0n) is 29.3. The quantitative estimate of drug-likeness (QED) is 0.173. The number of aromatic nitrogens is 1. The van der Waals surface area contributed by atoms with Crippen LogP contribution in [0, 0.1) is 0 Å². The van der Waals surface area contributed by atoms with E-state index in [1.807, 2.05) is 0 Å². The van der Waals surface area contributed by atoms with E-state index in [4.69, 9.17) is 9.15 Å². The van der Waals surface area contributed by atoms with Crippen molar-refractivity contribution in [1.82, 2.24) is 4.57 Å². The first-order valence-corrected chi connectivity index (χ1v) is 19.2. The van der Waals surface area contributed by atoms with Gasteiger partial charge in [-0.15, -0.1) is 0 Å². The topological polar surface area (TPSA) is 27.3 Å². The Balaban J connectivity index is 0.976. The fourth-order valence-electron chi connectivity index (χ4n) is 10.4. The van der Waals surface area contributed by atoms with E-state index in [1.165, 1.54) is 77.4 Å². The van der Waals surface area contributed by atoms with Crippen LogP contribution in [0.25, 0.3) is 55.7 Å². The number of rotatable bonds is 3. The number of benzene rings is 6. The Bertz CT molecular complexity index is 2850. The van der Waals surface area contributed by atoms with Crippen molar-refractivity contribution in [2.45, 2.75) is 49.5 Å². The second-order valence-electron chi connectivity index (χ2n) is 15.4. The average molecular weight is 684 g/mol. The Labute approximate surface area is 308 Å². The van der Waals surface area contributed by atoms with Crippen molar-refractivity contribution in [1.29, 1.82) is 0 Å². The zero-order chi connectivity index (χ0) is 34.6. The lowest BCUT2D eigenvalue weighted by atomic mass is 9.74. The molecule has 2 aromatic heterocycles. The number of nitrogens with zero attached hydrogens (tertiary/aromatic N) is 1. The van der Waals surface area contributed by atoms with Gasteiger partial charge in [0.2, 0.25) is 0 Å². The number of allylic oxidation sites excluding steroid dienone is 2. The second kappa shape index (κ2) is 11.2. The Morgan fingerprint density at radius 1 is 0.660 bits per heavy atom. The van der Waals surface area contributed by atoms with Gasteiger partial charge < -0.3 is 13.7 Å². The van der Waals surface area contributed by atoms with Gasteiger partial charge in [0.15, 0.2) is 0 Å². The summed E-state index contributed by atoms with van der Waals surface area (Å²) in [5, 5.41) is 3.85. The Morgan fingerprint density at radius 2 is 1.47 bits per heavy atom. The van der Waals surface area contributed by atoms with Crippen LogP contribution in [0.2, 0.25) is 0 Å². The van der Waals surface area contributed by atoms with Gasteiger partial charge in [-0.25, -0.2) is 0 Å². The van der Waals surface area contributed by atoms with Crippen molar-refractivity contribution in [2.24, 2.45) is 0 Å². The standard InChI is InChI=1S/C50H37NO2/c1-2-11-32(12-3-1)51-44-18-8-6-15-37(44)40-26-25-36-34-13-4-5-14-35(34)42(29-43(36)50(40)51)31-22-24-41-48(28-31)53-46-20-10-17-33(49(41)46)30-21-23-39-38-16-7-9-19-45(38)52-47(39)27-30/h1-16,18-20,22,24-28,33,39,42,47H,17,21,23,29H2. The lowest BCUT2D eigenvalue weighted by Crippen LogP contribution is -2.23. The molecule has 0 bridgehead atoms. The van der Waals surface area contributed by atoms with E-state index < -0.39 is 0 Å². The third kappa shape index (κ3) is 4.28. The highest BCUT2D eigenvalue weighted by Gasteiger charge is 2.38. The number of furan rings is 1. The molecule has 3 heterocycles. The first-order chi connectivity index (χ1) is 26.3. The van der Waals surface area contributed by atoms with Gasteiger partial charge in [0.25, 0.3) is 0 Å². The van der Waals surface area contributed by atoms with Crippen LogP contribution in [-0.2, 0) is 6.42 Å². The highest BCUT2D eigenvalue weighted by atomic mass is 16.5. The summed E-state index contributed by atoms with van der Waals surface area (Å²) in [6.45, 7) is 0. The number of para-hydroxylation sites is 3. The molecule has 1 aliphatic heterocycles. The molecule has 0 saturated carbocycles. The summed E-state index contributed by atoms with van der Waals surface area (Å²) in [7, 11) is 0. The normalized spacial score (nSPS) is 21.1. The van der Waals surface area contributed by atoms with Gasteiger partial charge in [0.1, 0.15) is 23.2 Å². The predicted octanol–water partition coefficient (Wildman–Crippen LogP) is 12.7. The molecule has 4 unspecified atom stereocenters. The zero-order valence-corrected chi connectivity index (χ0v) is 29.3. The van der Waals surface area contributed by atoms with Crippen LogP contribution in [0.5, 0.6) is 5.75 Å². The lowest BCUT2D eigenvalue weighted by molar-refractivity contribution is 0.239. The average Bonchev–Trinajstić information content (AvgIpc) is 3.90.